The molecule has 2 aromatic carbocycles. The Balaban J connectivity index is 1.32. The number of benzene rings is 2. The van der Waals surface area contributed by atoms with Gasteiger partial charge in [0.05, 0.1) is 4.90 Å². The number of aromatic nitrogens is 2. The molecule has 1 aliphatic rings. The van der Waals surface area contributed by atoms with Crippen LogP contribution in [0.25, 0.3) is 11.5 Å². The molecule has 0 saturated carbocycles. The van der Waals surface area contributed by atoms with Crippen LogP contribution in [0.3, 0.4) is 0 Å². The van der Waals surface area contributed by atoms with Gasteiger partial charge in [0, 0.05) is 18.7 Å². The highest BCUT2D eigenvalue weighted by Gasteiger charge is 2.27. The number of thioether (sulfide) groups is 1. The molecule has 0 bridgehead atoms. The van der Waals surface area contributed by atoms with E-state index in [1.54, 1.807) is 24.3 Å². The molecule has 1 aliphatic heterocycles. The highest BCUT2D eigenvalue weighted by Crippen LogP contribution is 2.26. The van der Waals surface area contributed by atoms with E-state index in [1.807, 2.05) is 30.3 Å². The van der Waals surface area contributed by atoms with E-state index in [4.69, 9.17) is 9.15 Å². The van der Waals surface area contributed by atoms with Crippen LogP contribution in [0.2, 0.25) is 0 Å². The summed E-state index contributed by atoms with van der Waals surface area (Å²) in [6.45, 7) is 1.33. The van der Waals surface area contributed by atoms with Crippen molar-refractivity contribution in [2.24, 2.45) is 0 Å². The van der Waals surface area contributed by atoms with Crippen LogP contribution in [0.5, 0.6) is 0 Å². The Hall–Kier alpha value is -2.69. The van der Waals surface area contributed by atoms with E-state index in [-0.39, 0.29) is 34.3 Å². The van der Waals surface area contributed by atoms with Gasteiger partial charge in [-0.1, -0.05) is 42.1 Å². The molecule has 10 heteroatoms. The third-order valence-electron chi connectivity index (χ3n) is 4.77. The van der Waals surface area contributed by atoms with Gasteiger partial charge in [-0.05, 0) is 42.7 Å². The number of ether oxygens (including phenoxy) is 1. The van der Waals surface area contributed by atoms with Crippen LogP contribution >= 0.6 is 11.8 Å². The van der Waals surface area contributed by atoms with Crippen LogP contribution in [0.15, 0.2) is 69.1 Å². The van der Waals surface area contributed by atoms with Crippen LogP contribution in [0.4, 0.5) is 0 Å². The van der Waals surface area contributed by atoms with Crippen molar-refractivity contribution >= 4 is 27.8 Å². The maximum absolute atomic E-state index is 12.6. The predicted molar refractivity (Wildman–Crippen MR) is 115 cm³/mol. The highest BCUT2D eigenvalue weighted by molar-refractivity contribution is 7.99. The predicted octanol–water partition coefficient (Wildman–Crippen LogP) is 3.36. The Morgan fingerprint density at radius 2 is 1.74 bits per heavy atom. The first-order valence-corrected chi connectivity index (χ1v) is 12.2. The summed E-state index contributed by atoms with van der Waals surface area (Å²) in [7, 11) is -3.47. The lowest BCUT2D eigenvalue weighted by atomic mass is 10.2. The molecule has 2 heterocycles. The molecule has 8 nitrogen and oxygen atoms in total. The molecule has 0 spiro atoms. The molecular formula is C21H21N3O5S2. The minimum Gasteiger partial charge on any atom is -0.460 e. The van der Waals surface area contributed by atoms with Gasteiger partial charge in [-0.2, -0.15) is 4.31 Å². The quantitative estimate of drug-likeness (QED) is 0.373. The first-order chi connectivity index (χ1) is 15.0. The van der Waals surface area contributed by atoms with Crippen LogP contribution in [-0.4, -0.2) is 47.7 Å². The zero-order valence-electron chi connectivity index (χ0n) is 16.6. The molecule has 0 N–H and O–H groups in total. The van der Waals surface area contributed by atoms with Crippen molar-refractivity contribution in [2.75, 3.05) is 18.8 Å². The molecule has 0 amide bonds. The van der Waals surface area contributed by atoms with E-state index in [9.17, 15) is 13.2 Å². The van der Waals surface area contributed by atoms with Crippen LogP contribution in [0.1, 0.15) is 18.4 Å². The fraction of sp³-hybridized carbons (Fsp3) is 0.286. The second kappa shape index (κ2) is 9.63. The molecule has 162 valence electrons. The van der Waals surface area contributed by atoms with Gasteiger partial charge in [0.2, 0.25) is 15.9 Å². The summed E-state index contributed by atoms with van der Waals surface area (Å²) in [5, 5.41) is 8.14. The average molecular weight is 460 g/mol. The van der Waals surface area contributed by atoms with E-state index >= 15 is 0 Å². The summed E-state index contributed by atoms with van der Waals surface area (Å²) in [4.78, 5) is 12.2. The van der Waals surface area contributed by atoms with E-state index < -0.39 is 10.0 Å². The number of carbonyl (C=O) groups is 1. The van der Waals surface area contributed by atoms with Gasteiger partial charge in [-0.25, -0.2) is 8.42 Å². The molecule has 3 aromatic rings. The lowest BCUT2D eigenvalue weighted by Gasteiger charge is -2.15. The summed E-state index contributed by atoms with van der Waals surface area (Å²) in [5.74, 6) is -0.0862. The monoisotopic (exact) mass is 459 g/mol. The zero-order chi connectivity index (χ0) is 21.7. The van der Waals surface area contributed by atoms with Crippen LogP contribution in [0, 0.1) is 0 Å². The minimum atomic E-state index is -3.47. The van der Waals surface area contributed by atoms with E-state index in [2.05, 4.69) is 10.2 Å². The highest BCUT2D eigenvalue weighted by atomic mass is 32.2. The zero-order valence-corrected chi connectivity index (χ0v) is 18.3. The van der Waals surface area contributed by atoms with Gasteiger partial charge in [0.25, 0.3) is 5.22 Å². The molecule has 0 atom stereocenters. The molecular weight excluding hydrogens is 438 g/mol. The van der Waals surface area contributed by atoms with Crippen molar-refractivity contribution in [2.45, 2.75) is 29.6 Å². The van der Waals surface area contributed by atoms with Crippen molar-refractivity contribution in [1.29, 1.82) is 0 Å². The van der Waals surface area contributed by atoms with Crippen LogP contribution < -0.4 is 0 Å². The lowest BCUT2D eigenvalue weighted by Crippen LogP contribution is -2.27. The van der Waals surface area contributed by atoms with Crippen molar-refractivity contribution in [3.63, 3.8) is 0 Å². The van der Waals surface area contributed by atoms with Crippen molar-refractivity contribution in [1.82, 2.24) is 14.5 Å². The summed E-state index contributed by atoms with van der Waals surface area (Å²) >= 11 is 1.09. The largest absolute Gasteiger partial charge is 0.460 e. The van der Waals surface area contributed by atoms with Gasteiger partial charge in [0.1, 0.15) is 12.4 Å². The summed E-state index contributed by atoms with van der Waals surface area (Å²) in [6, 6.07) is 15.8. The normalized spacial score (nSPS) is 14.6. The summed E-state index contributed by atoms with van der Waals surface area (Å²) < 4.78 is 37.5. The summed E-state index contributed by atoms with van der Waals surface area (Å²) in [5.41, 5.74) is 1.52. The van der Waals surface area contributed by atoms with E-state index in [1.165, 1.54) is 4.31 Å². The number of nitrogens with zero attached hydrogens (tertiary/aromatic N) is 3. The number of hydrogen-bond donors (Lipinski definition) is 0. The Morgan fingerprint density at radius 3 is 2.45 bits per heavy atom. The molecule has 4 rings (SSSR count). The first kappa shape index (κ1) is 21.5. The molecule has 1 fully saturated rings. The molecule has 31 heavy (non-hydrogen) atoms. The lowest BCUT2D eigenvalue weighted by molar-refractivity contribution is -0.141. The first-order valence-electron chi connectivity index (χ1n) is 9.79. The van der Waals surface area contributed by atoms with E-state index in [0.29, 0.717) is 18.7 Å². The third kappa shape index (κ3) is 5.33. The molecule has 0 unspecified atom stereocenters. The van der Waals surface area contributed by atoms with Gasteiger partial charge in [-0.15, -0.1) is 10.2 Å². The fourth-order valence-corrected chi connectivity index (χ4v) is 5.21. The molecule has 0 aliphatic carbocycles. The standard InChI is InChI=1S/C21H21N3O5S2/c25-19(28-14-16-6-2-1-3-7-16)15-30-21-23-22-20(29-21)17-8-10-18(11-9-17)31(26,27)24-12-4-5-13-24/h1-3,6-11H,4-5,12-15H2. The van der Waals surface area contributed by atoms with Crippen molar-refractivity contribution < 1.29 is 22.4 Å². The second-order valence-corrected chi connectivity index (χ2v) is 9.81. The van der Waals surface area contributed by atoms with Crippen molar-refractivity contribution in [3.05, 3.63) is 60.2 Å². The Morgan fingerprint density at radius 1 is 1.03 bits per heavy atom. The van der Waals surface area contributed by atoms with Gasteiger partial charge >= 0.3 is 5.97 Å². The summed E-state index contributed by atoms with van der Waals surface area (Å²) in [6.07, 6.45) is 1.78. The number of esters is 1. The number of carbonyl (C=O) groups excluding carboxylic acids is 1. The fourth-order valence-electron chi connectivity index (χ4n) is 3.13. The topological polar surface area (TPSA) is 103 Å². The average Bonchev–Trinajstić information content (AvgIpc) is 3.50. The third-order valence-corrected chi connectivity index (χ3v) is 7.47. The van der Waals surface area contributed by atoms with Gasteiger partial charge in [0.15, 0.2) is 0 Å². The Kier molecular flexibility index (Phi) is 6.69. The van der Waals surface area contributed by atoms with E-state index in [0.717, 1.165) is 30.2 Å². The Labute approximate surface area is 184 Å². The smallest absolute Gasteiger partial charge is 0.316 e. The Bertz CT molecular complexity index is 1130. The second-order valence-electron chi connectivity index (χ2n) is 6.94. The minimum absolute atomic E-state index is 0.0431. The van der Waals surface area contributed by atoms with Crippen LogP contribution in [-0.2, 0) is 26.2 Å². The molecule has 1 saturated heterocycles. The van der Waals surface area contributed by atoms with Gasteiger partial charge in [-0.3, -0.25) is 4.79 Å². The number of sulfonamides is 1. The SMILES string of the molecule is O=C(CSc1nnc(-c2ccc(S(=O)(=O)N3CCCC3)cc2)o1)OCc1ccccc1. The maximum Gasteiger partial charge on any atom is 0.316 e. The number of hydrogen-bond acceptors (Lipinski definition) is 8. The number of rotatable bonds is 8. The maximum atomic E-state index is 12.6. The van der Waals surface area contributed by atoms with Gasteiger partial charge < -0.3 is 9.15 Å². The van der Waals surface area contributed by atoms with Crippen molar-refractivity contribution in [3.8, 4) is 11.5 Å². The molecule has 0 radical (unpaired) electrons. The molecule has 1 aromatic heterocycles.